The van der Waals surface area contributed by atoms with E-state index in [9.17, 15) is 4.79 Å². The molecule has 5 heteroatoms. The second kappa shape index (κ2) is 13.1. The first-order chi connectivity index (χ1) is 2.64. The van der Waals surface area contributed by atoms with Gasteiger partial charge >= 0.3 is 94.6 Å². The maximum Gasteiger partial charge on any atom is 1.00 e. The number of hydrogen-bond donors (Lipinski definition) is 1. The maximum atomic E-state index is 9.70. The van der Waals surface area contributed by atoms with Crippen molar-refractivity contribution in [1.82, 2.24) is 0 Å². The Morgan fingerprint density at radius 3 is 1.44 bits per heavy atom. The van der Waals surface area contributed by atoms with Gasteiger partial charge in [0.1, 0.15) is 0 Å². The van der Waals surface area contributed by atoms with E-state index in [1.165, 1.54) is 0 Å². The normalized spacial score (nSPS) is 6.11. The second-order valence-corrected chi connectivity index (χ2v) is 1.49. The fourth-order valence-corrected chi connectivity index (χ4v) is 0. The molecule has 42 valence electrons. The van der Waals surface area contributed by atoms with Gasteiger partial charge in [0.15, 0.2) is 0 Å². The minimum absolute atomic E-state index is 0. The molecule has 9 heavy (non-hydrogen) atoms. The van der Waals surface area contributed by atoms with E-state index < -0.39 is 5.97 Å². The van der Waals surface area contributed by atoms with Crippen LogP contribution >= 0.6 is 0 Å². The molecule has 0 aromatic carbocycles. The van der Waals surface area contributed by atoms with Gasteiger partial charge < -0.3 is 9.39 Å². The molecule has 0 bridgehead atoms. The molecule has 0 aromatic heterocycles. The quantitative estimate of drug-likeness (QED) is 0.387. The third-order valence-electron chi connectivity index (χ3n) is 0.494. The smallest absolute Gasteiger partial charge is 1.00 e. The van der Waals surface area contributed by atoms with Crippen LogP contribution in [-0.2, 0) is 4.79 Å². The Balaban J connectivity index is -0.00000000833. The number of carboxylic acids is 1. The summed E-state index contributed by atoms with van der Waals surface area (Å²) in [6.45, 7) is 3.28. The molecule has 0 aliphatic carbocycles. The van der Waals surface area contributed by atoms with Gasteiger partial charge in [-0.05, 0) is 0 Å². The monoisotopic (exact) mass is 160 g/mol. The van der Waals surface area contributed by atoms with Crippen molar-refractivity contribution in [3.8, 4) is 0 Å². The summed E-state index contributed by atoms with van der Waals surface area (Å²) in [4.78, 5) is 9.70. The number of aliphatic carboxylic acids is 1. The minimum atomic E-state index is -0.741. The van der Waals surface area contributed by atoms with Crippen LogP contribution in [0.15, 0.2) is 0 Å². The number of carbonyl (C=O) groups is 1. The summed E-state index contributed by atoms with van der Waals surface area (Å²) < 4.78 is 0. The van der Waals surface area contributed by atoms with Gasteiger partial charge in [-0.2, -0.15) is 0 Å². The molecule has 0 saturated carbocycles. The van der Waals surface area contributed by atoms with Crippen LogP contribution < -0.4 is 88.7 Å². The van der Waals surface area contributed by atoms with Crippen LogP contribution in [0.25, 0.3) is 0 Å². The van der Waals surface area contributed by atoms with Gasteiger partial charge in [-0.3, -0.25) is 4.79 Å². The van der Waals surface area contributed by atoms with Crippen molar-refractivity contribution < 1.29 is 103 Å². The average Bonchev–Trinajstić information content (AvgIpc) is 1.36. The Hall–Kier alpha value is 2.47. The molecule has 0 radical (unpaired) electrons. The van der Waals surface area contributed by atoms with E-state index in [2.05, 4.69) is 0 Å². The Kier molecular flexibility index (Phi) is 32.8. The van der Waals surface area contributed by atoms with Crippen molar-refractivity contribution in [2.75, 3.05) is 0 Å². The molecule has 0 heterocycles. The molecule has 0 aromatic rings. The van der Waals surface area contributed by atoms with Gasteiger partial charge in [0, 0.05) is 0 Å². The second-order valence-electron chi connectivity index (χ2n) is 1.49. The predicted octanol–water partition coefficient (Wildman–Crippen LogP) is -7.92. The zero-order chi connectivity index (χ0) is 5.15. The number of carboxylic acid groups (broad SMARTS) is 1. The molecule has 0 amide bonds. The number of hydrogen-bond acceptors (Lipinski definition) is 1. The molecule has 0 spiro atoms. The Morgan fingerprint density at radius 2 is 1.44 bits per heavy atom. The Labute approximate surface area is 126 Å². The van der Waals surface area contributed by atoms with Crippen LogP contribution in [0.5, 0.6) is 0 Å². The van der Waals surface area contributed by atoms with E-state index in [4.69, 9.17) is 5.11 Å². The molecule has 0 saturated heterocycles. The molecule has 0 atom stereocenters. The fourth-order valence-electron chi connectivity index (χ4n) is 0. The van der Waals surface area contributed by atoms with Crippen molar-refractivity contribution in [3.63, 3.8) is 0 Å². The molecular weight excluding hydrogens is 149 g/mol. The van der Waals surface area contributed by atoms with Gasteiger partial charge in [0.05, 0.1) is 5.92 Å². The van der Waals surface area contributed by atoms with Crippen LogP contribution in [0, 0.1) is 5.92 Å². The van der Waals surface area contributed by atoms with Crippen LogP contribution in [0.2, 0.25) is 0 Å². The van der Waals surface area contributed by atoms with Crippen molar-refractivity contribution in [1.29, 1.82) is 0 Å². The Morgan fingerprint density at radius 1 is 1.33 bits per heavy atom. The van der Waals surface area contributed by atoms with E-state index in [0.717, 1.165) is 0 Å². The summed E-state index contributed by atoms with van der Waals surface area (Å²) in [5.74, 6) is -0.972. The summed E-state index contributed by atoms with van der Waals surface area (Å²) in [6.07, 6.45) is 0. The zero-order valence-electron chi connectivity index (χ0n) is 9.93. The van der Waals surface area contributed by atoms with E-state index in [0.29, 0.717) is 0 Å². The van der Waals surface area contributed by atoms with Crippen molar-refractivity contribution in [2.45, 2.75) is 13.8 Å². The van der Waals surface area contributed by atoms with Crippen LogP contribution in [0.4, 0.5) is 0 Å². The van der Waals surface area contributed by atoms with E-state index >= 15 is 0 Å². The molecule has 0 rings (SSSR count). The molecule has 0 aliphatic rings. The van der Waals surface area contributed by atoms with Crippen molar-refractivity contribution in [3.05, 3.63) is 0 Å². The largest absolute Gasteiger partial charge is 1.00 e. The summed E-state index contributed by atoms with van der Waals surface area (Å²) in [7, 11) is 0. The molecule has 0 fully saturated rings. The van der Waals surface area contributed by atoms with Crippen molar-refractivity contribution >= 4 is 5.97 Å². The topological polar surface area (TPSA) is 37.3 Å². The van der Waals surface area contributed by atoms with Crippen LogP contribution in [0.3, 0.4) is 0 Å². The Bertz CT molecular complexity index is 74.6. The average molecular weight is 160 g/mol. The van der Waals surface area contributed by atoms with Crippen molar-refractivity contribution in [2.24, 2.45) is 5.92 Å². The van der Waals surface area contributed by atoms with E-state index in [1.54, 1.807) is 13.8 Å². The summed E-state index contributed by atoms with van der Waals surface area (Å²) >= 11 is 0. The van der Waals surface area contributed by atoms with E-state index in [1.807, 2.05) is 0 Å². The standard InChI is InChI=1S/C4H8O2.3Na.3H/c1-3(2)4(5)6;;;;;;/h3H,1-2H3,(H,5,6);;;;;;/q;3*+1;3*-1. The first-order valence-corrected chi connectivity index (χ1v) is 1.87. The predicted molar refractivity (Wildman–Crippen MR) is 25.8 cm³/mol. The summed E-state index contributed by atoms with van der Waals surface area (Å²) in [6, 6.07) is 0. The molecule has 1 N–H and O–H groups in total. The zero-order valence-corrected chi connectivity index (χ0v) is 12.9. The van der Waals surface area contributed by atoms with E-state index in [-0.39, 0.29) is 98.9 Å². The van der Waals surface area contributed by atoms with Crippen LogP contribution in [-0.4, -0.2) is 11.1 Å². The minimum Gasteiger partial charge on any atom is -1.00 e. The third-order valence-corrected chi connectivity index (χ3v) is 0.494. The van der Waals surface area contributed by atoms with Gasteiger partial charge in [-0.15, -0.1) is 0 Å². The van der Waals surface area contributed by atoms with Gasteiger partial charge in [-0.25, -0.2) is 0 Å². The van der Waals surface area contributed by atoms with Crippen LogP contribution in [0.1, 0.15) is 18.1 Å². The molecule has 2 nitrogen and oxygen atoms in total. The summed E-state index contributed by atoms with van der Waals surface area (Å²) in [5, 5.41) is 7.99. The molecule has 0 aliphatic heterocycles. The SMILES string of the molecule is CC(C)C(=O)O.[H-].[H-].[H-].[Na+].[Na+].[Na+]. The third kappa shape index (κ3) is 17.9. The van der Waals surface area contributed by atoms with Gasteiger partial charge in [-0.1, -0.05) is 13.8 Å². The molecule has 0 unspecified atom stereocenters. The maximum absolute atomic E-state index is 9.70. The first-order valence-electron chi connectivity index (χ1n) is 1.87. The first kappa shape index (κ1) is 22.5. The number of rotatable bonds is 1. The van der Waals surface area contributed by atoms with Gasteiger partial charge in [0.2, 0.25) is 0 Å². The van der Waals surface area contributed by atoms with Gasteiger partial charge in [0.25, 0.3) is 0 Å². The summed E-state index contributed by atoms with van der Waals surface area (Å²) in [5.41, 5.74) is 0. The molecular formula is C4H11Na3O2. The fraction of sp³-hybridized carbons (Fsp3) is 0.750.